The highest BCUT2D eigenvalue weighted by Crippen LogP contribution is 1.87. The molecule has 0 fully saturated rings. The van der Waals surface area contributed by atoms with Crippen LogP contribution in [0.15, 0.2) is 0 Å². The van der Waals surface area contributed by atoms with Crippen LogP contribution in [0.1, 0.15) is 0 Å². The number of nitrogens with two attached hydrogens (primary N) is 1. The molecular formula is C4H12ClNO3. The van der Waals surface area contributed by atoms with E-state index in [1.807, 2.05) is 0 Å². The lowest BCUT2D eigenvalue weighted by Gasteiger charge is -2.11. The van der Waals surface area contributed by atoms with E-state index in [1.165, 1.54) is 0 Å². The lowest BCUT2D eigenvalue weighted by Crippen LogP contribution is -2.35. The molecule has 0 spiro atoms. The summed E-state index contributed by atoms with van der Waals surface area (Å²) in [5.74, 6) is 0. The van der Waals surface area contributed by atoms with Crippen LogP contribution in [0.4, 0.5) is 0 Å². The van der Waals surface area contributed by atoms with Crippen molar-refractivity contribution in [1.82, 2.24) is 0 Å². The van der Waals surface area contributed by atoms with Crippen molar-refractivity contribution in [2.45, 2.75) is 12.2 Å². The fourth-order valence-corrected chi connectivity index (χ4v) is 0.279. The smallest absolute Gasteiger partial charge is 0.104 e. The molecule has 0 aliphatic rings. The van der Waals surface area contributed by atoms with E-state index in [0.29, 0.717) is 0 Å². The molecule has 0 aromatic carbocycles. The highest BCUT2D eigenvalue weighted by molar-refractivity contribution is 5.85. The highest BCUT2D eigenvalue weighted by atomic mass is 35.5. The Bertz CT molecular complexity index is 55.8. The summed E-state index contributed by atoms with van der Waals surface area (Å²) in [6, 6.07) is 0. The number of hydrogen-bond acceptors (Lipinski definition) is 4. The Morgan fingerprint density at radius 3 is 1.78 bits per heavy atom. The standard InChI is InChI=1S/C4H11NO3.ClH/c5-1-3(7)4(8)2-6;/h3-4,6-8H,1-2,5H2;1H/t3-,4+;/m0./s1. The zero-order valence-electron chi connectivity index (χ0n) is 4.90. The molecular weight excluding hydrogens is 146 g/mol. The Hall–Kier alpha value is 0.130. The number of aliphatic hydroxyl groups is 3. The number of rotatable bonds is 3. The summed E-state index contributed by atoms with van der Waals surface area (Å²) in [6.07, 6.45) is -2.10. The van der Waals surface area contributed by atoms with Gasteiger partial charge in [-0.1, -0.05) is 0 Å². The van der Waals surface area contributed by atoms with Crippen molar-refractivity contribution < 1.29 is 15.3 Å². The first-order valence-electron chi connectivity index (χ1n) is 2.39. The lowest BCUT2D eigenvalue weighted by atomic mass is 10.2. The predicted octanol–water partition coefficient (Wildman–Crippen LogP) is -1.92. The third-order valence-electron chi connectivity index (χ3n) is 0.873. The van der Waals surface area contributed by atoms with E-state index in [1.54, 1.807) is 0 Å². The summed E-state index contributed by atoms with van der Waals surface area (Å²) in [6.45, 7) is -0.472. The van der Waals surface area contributed by atoms with Crippen molar-refractivity contribution in [2.24, 2.45) is 5.73 Å². The van der Waals surface area contributed by atoms with Crippen molar-refractivity contribution in [3.05, 3.63) is 0 Å². The zero-order chi connectivity index (χ0) is 6.57. The molecule has 0 radical (unpaired) electrons. The number of aliphatic hydroxyl groups excluding tert-OH is 3. The van der Waals surface area contributed by atoms with Crippen molar-refractivity contribution in [1.29, 1.82) is 0 Å². The average molecular weight is 158 g/mol. The van der Waals surface area contributed by atoms with Crippen molar-refractivity contribution >= 4 is 12.4 Å². The van der Waals surface area contributed by atoms with Gasteiger partial charge in [-0.3, -0.25) is 0 Å². The van der Waals surface area contributed by atoms with E-state index in [-0.39, 0.29) is 19.0 Å². The van der Waals surface area contributed by atoms with Gasteiger partial charge in [0.25, 0.3) is 0 Å². The van der Waals surface area contributed by atoms with Gasteiger partial charge in [-0.2, -0.15) is 0 Å². The fraction of sp³-hybridized carbons (Fsp3) is 1.00. The molecule has 0 aromatic heterocycles. The minimum atomic E-state index is -1.10. The molecule has 9 heavy (non-hydrogen) atoms. The largest absolute Gasteiger partial charge is 0.394 e. The summed E-state index contributed by atoms with van der Waals surface area (Å²) in [5.41, 5.74) is 4.93. The van der Waals surface area contributed by atoms with Crippen LogP contribution in [0.5, 0.6) is 0 Å². The minimum Gasteiger partial charge on any atom is -0.394 e. The van der Waals surface area contributed by atoms with Gasteiger partial charge in [0.1, 0.15) is 6.10 Å². The van der Waals surface area contributed by atoms with Crippen molar-refractivity contribution in [2.75, 3.05) is 13.2 Å². The Morgan fingerprint density at radius 1 is 1.22 bits per heavy atom. The molecule has 0 saturated heterocycles. The van der Waals surface area contributed by atoms with Crippen LogP contribution in [-0.4, -0.2) is 40.7 Å². The van der Waals surface area contributed by atoms with Crippen LogP contribution < -0.4 is 5.73 Å². The maximum Gasteiger partial charge on any atom is 0.104 e. The van der Waals surface area contributed by atoms with Crippen LogP contribution in [0.3, 0.4) is 0 Å². The van der Waals surface area contributed by atoms with Gasteiger partial charge in [-0.25, -0.2) is 0 Å². The van der Waals surface area contributed by atoms with Gasteiger partial charge in [0, 0.05) is 6.54 Å². The molecule has 0 unspecified atom stereocenters. The molecule has 0 heterocycles. The van der Waals surface area contributed by atoms with Gasteiger partial charge in [-0.15, -0.1) is 12.4 Å². The molecule has 0 amide bonds. The Morgan fingerprint density at radius 2 is 1.67 bits per heavy atom. The normalized spacial score (nSPS) is 16.0. The quantitative estimate of drug-likeness (QED) is 0.385. The van der Waals surface area contributed by atoms with E-state index in [2.05, 4.69) is 0 Å². The van der Waals surface area contributed by atoms with Crippen LogP contribution in [-0.2, 0) is 0 Å². The Balaban J connectivity index is 0. The average Bonchev–Trinajstić information content (AvgIpc) is 1.84. The molecule has 4 nitrogen and oxygen atoms in total. The lowest BCUT2D eigenvalue weighted by molar-refractivity contribution is -0.00894. The van der Waals surface area contributed by atoms with Crippen molar-refractivity contribution in [3.63, 3.8) is 0 Å². The maximum atomic E-state index is 8.59. The van der Waals surface area contributed by atoms with Gasteiger partial charge in [0.2, 0.25) is 0 Å². The van der Waals surface area contributed by atoms with Gasteiger partial charge in [0.05, 0.1) is 12.7 Å². The summed E-state index contributed by atoms with van der Waals surface area (Å²) in [7, 11) is 0. The predicted molar refractivity (Wildman–Crippen MR) is 35.4 cm³/mol. The van der Waals surface area contributed by atoms with Crippen LogP contribution >= 0.6 is 12.4 Å². The van der Waals surface area contributed by atoms with E-state index in [0.717, 1.165) is 0 Å². The van der Waals surface area contributed by atoms with E-state index in [9.17, 15) is 0 Å². The fourth-order valence-electron chi connectivity index (χ4n) is 0.279. The van der Waals surface area contributed by atoms with Crippen LogP contribution in [0.25, 0.3) is 0 Å². The summed E-state index contributed by atoms with van der Waals surface area (Å²) in [5, 5.41) is 25.3. The summed E-state index contributed by atoms with van der Waals surface area (Å²) >= 11 is 0. The summed E-state index contributed by atoms with van der Waals surface area (Å²) < 4.78 is 0. The number of halogens is 1. The minimum absolute atomic E-state index is 0. The first-order chi connectivity index (χ1) is 3.72. The Labute approximate surface area is 59.7 Å². The van der Waals surface area contributed by atoms with E-state index in [4.69, 9.17) is 21.1 Å². The Kier molecular flexibility index (Phi) is 8.25. The number of hydrogen-bond donors (Lipinski definition) is 4. The molecule has 0 aromatic rings. The molecule has 58 valence electrons. The van der Waals surface area contributed by atoms with Crippen LogP contribution in [0.2, 0.25) is 0 Å². The molecule has 2 atom stereocenters. The van der Waals surface area contributed by atoms with Gasteiger partial charge >= 0.3 is 0 Å². The molecule has 0 saturated carbocycles. The molecule has 0 aliphatic carbocycles. The van der Waals surface area contributed by atoms with E-state index < -0.39 is 18.8 Å². The topological polar surface area (TPSA) is 86.7 Å². The third-order valence-corrected chi connectivity index (χ3v) is 0.873. The third kappa shape index (κ3) is 4.62. The second-order valence-electron chi connectivity index (χ2n) is 1.55. The van der Waals surface area contributed by atoms with Crippen LogP contribution in [0, 0.1) is 0 Å². The van der Waals surface area contributed by atoms with Gasteiger partial charge in [0.15, 0.2) is 0 Å². The second-order valence-corrected chi connectivity index (χ2v) is 1.55. The second kappa shape index (κ2) is 6.25. The monoisotopic (exact) mass is 157 g/mol. The first-order valence-corrected chi connectivity index (χ1v) is 2.39. The molecule has 5 N–H and O–H groups in total. The first kappa shape index (κ1) is 11.9. The summed E-state index contributed by atoms with van der Waals surface area (Å²) in [4.78, 5) is 0. The molecule has 0 aliphatic heterocycles. The van der Waals surface area contributed by atoms with Crippen molar-refractivity contribution in [3.8, 4) is 0 Å². The highest BCUT2D eigenvalue weighted by Gasteiger charge is 2.11. The van der Waals surface area contributed by atoms with Gasteiger partial charge in [-0.05, 0) is 0 Å². The van der Waals surface area contributed by atoms with Gasteiger partial charge < -0.3 is 21.1 Å². The van der Waals surface area contributed by atoms with E-state index >= 15 is 0 Å². The zero-order valence-corrected chi connectivity index (χ0v) is 5.71. The molecule has 5 heteroatoms. The molecule has 0 rings (SSSR count). The SMILES string of the molecule is Cl.NC[C@H](O)[C@H](O)CO. The maximum absolute atomic E-state index is 8.59. The molecule has 0 bridgehead atoms.